The molecule has 1 N–H and O–H groups in total. The fraction of sp³-hybridized carbons (Fsp3) is 0.500. The summed E-state index contributed by atoms with van der Waals surface area (Å²) >= 11 is 0. The third kappa shape index (κ3) is 2.03. The molecule has 112 valence electrons. The molecule has 1 saturated carbocycles. The molecule has 2 aliphatic rings. The summed E-state index contributed by atoms with van der Waals surface area (Å²) in [5.41, 5.74) is -0.143. The molecule has 3 rings (SSSR count). The molecule has 1 aromatic carbocycles. The molecule has 1 saturated heterocycles. The van der Waals surface area contributed by atoms with E-state index in [1.807, 2.05) is 4.90 Å². The van der Waals surface area contributed by atoms with Gasteiger partial charge in [0.25, 0.3) is 0 Å². The van der Waals surface area contributed by atoms with Crippen LogP contribution in [0.5, 0.6) is 0 Å². The minimum atomic E-state index is -0.770. The van der Waals surface area contributed by atoms with E-state index >= 15 is 0 Å². The number of carboxylic acid groups (broad SMARTS) is 1. The lowest BCUT2D eigenvalue weighted by Crippen LogP contribution is -2.36. The maximum atomic E-state index is 13.9. The van der Waals surface area contributed by atoms with Crippen molar-refractivity contribution >= 4 is 17.4 Å². The topological polar surface area (TPSA) is 57.6 Å². The van der Waals surface area contributed by atoms with Gasteiger partial charge in [-0.15, -0.1) is 0 Å². The molecule has 2 fully saturated rings. The summed E-state index contributed by atoms with van der Waals surface area (Å²) in [6.07, 6.45) is 2.47. The van der Waals surface area contributed by atoms with Crippen LogP contribution in [0.25, 0.3) is 0 Å². The molecule has 0 radical (unpaired) electrons. The fourth-order valence-electron chi connectivity index (χ4n) is 3.95. The number of halogens is 1. The molecule has 1 heterocycles. The Morgan fingerprint density at radius 3 is 2.81 bits per heavy atom. The van der Waals surface area contributed by atoms with Gasteiger partial charge in [-0.3, -0.25) is 9.59 Å². The first-order chi connectivity index (χ1) is 9.95. The zero-order valence-electron chi connectivity index (χ0n) is 11.9. The lowest BCUT2D eigenvalue weighted by Gasteiger charge is -2.25. The second-order valence-corrected chi connectivity index (χ2v) is 6.12. The number of hydrogen-bond acceptors (Lipinski definition) is 3. The maximum Gasteiger partial charge on any atom is 0.311 e. The Balaban J connectivity index is 1.99. The SMILES string of the molecule is CC(=O)c1c(F)cccc1N1C[C@@H]2CCC[C@@]2(C(=O)O)C1. The van der Waals surface area contributed by atoms with Gasteiger partial charge in [-0.25, -0.2) is 4.39 Å². The molecule has 5 heteroatoms. The molecule has 1 aliphatic carbocycles. The van der Waals surface area contributed by atoms with Crippen LogP contribution in [-0.2, 0) is 4.79 Å². The van der Waals surface area contributed by atoms with Crippen LogP contribution in [0, 0.1) is 17.2 Å². The minimum Gasteiger partial charge on any atom is -0.481 e. The lowest BCUT2D eigenvalue weighted by atomic mass is 9.81. The van der Waals surface area contributed by atoms with Crippen LogP contribution < -0.4 is 4.90 Å². The Morgan fingerprint density at radius 2 is 2.19 bits per heavy atom. The Labute approximate surface area is 122 Å². The van der Waals surface area contributed by atoms with E-state index in [0.29, 0.717) is 25.2 Å². The van der Waals surface area contributed by atoms with Gasteiger partial charge in [0, 0.05) is 13.1 Å². The largest absolute Gasteiger partial charge is 0.481 e. The standard InChI is InChI=1S/C16H18FNO3/c1-10(19)14-12(17)5-2-6-13(14)18-8-11-4-3-7-16(11,9-18)15(20)21/h2,5-6,11H,3-4,7-9H2,1H3,(H,20,21)/t11-,16+/m0/s1. The van der Waals surface area contributed by atoms with Crippen molar-refractivity contribution in [2.24, 2.45) is 11.3 Å². The molecule has 0 aromatic heterocycles. The summed E-state index contributed by atoms with van der Waals surface area (Å²) in [4.78, 5) is 25.3. The van der Waals surface area contributed by atoms with Gasteiger partial charge in [0.15, 0.2) is 5.78 Å². The van der Waals surface area contributed by atoms with Crippen LogP contribution >= 0.6 is 0 Å². The summed E-state index contributed by atoms with van der Waals surface area (Å²) in [6, 6.07) is 4.54. The molecular weight excluding hydrogens is 273 g/mol. The van der Waals surface area contributed by atoms with E-state index < -0.39 is 17.2 Å². The summed E-state index contributed by atoms with van der Waals surface area (Å²) < 4.78 is 13.9. The Morgan fingerprint density at radius 1 is 1.43 bits per heavy atom. The third-order valence-corrected chi connectivity index (χ3v) is 4.98. The van der Waals surface area contributed by atoms with Crippen LogP contribution in [0.1, 0.15) is 36.5 Å². The number of anilines is 1. The predicted molar refractivity (Wildman–Crippen MR) is 76.0 cm³/mol. The molecule has 1 aromatic rings. The van der Waals surface area contributed by atoms with Gasteiger partial charge >= 0.3 is 5.97 Å². The number of hydrogen-bond donors (Lipinski definition) is 1. The molecule has 0 unspecified atom stereocenters. The molecule has 21 heavy (non-hydrogen) atoms. The van der Waals surface area contributed by atoms with Crippen molar-refractivity contribution in [3.05, 3.63) is 29.6 Å². The number of ketones is 1. The van der Waals surface area contributed by atoms with Gasteiger partial charge in [0.1, 0.15) is 5.82 Å². The molecule has 0 bridgehead atoms. The number of carbonyl (C=O) groups is 2. The second kappa shape index (κ2) is 4.83. The van der Waals surface area contributed by atoms with Gasteiger partial charge in [-0.05, 0) is 37.8 Å². The highest BCUT2D eigenvalue weighted by Gasteiger charge is 2.55. The Hall–Kier alpha value is -1.91. The van der Waals surface area contributed by atoms with E-state index in [2.05, 4.69) is 0 Å². The zero-order chi connectivity index (χ0) is 15.2. The van der Waals surface area contributed by atoms with Crippen molar-refractivity contribution in [3.63, 3.8) is 0 Å². The summed E-state index contributed by atoms with van der Waals surface area (Å²) in [6.45, 7) is 2.28. The lowest BCUT2D eigenvalue weighted by molar-refractivity contribution is -0.149. The zero-order valence-corrected chi connectivity index (χ0v) is 11.9. The van der Waals surface area contributed by atoms with Crippen molar-refractivity contribution in [3.8, 4) is 0 Å². The number of fused-ring (bicyclic) bond motifs is 1. The predicted octanol–water partition coefficient (Wildman–Crippen LogP) is 2.72. The van der Waals surface area contributed by atoms with Gasteiger partial charge < -0.3 is 10.0 Å². The quantitative estimate of drug-likeness (QED) is 0.870. The number of rotatable bonds is 3. The number of Topliss-reactive ketones (excluding diaryl/α,β-unsaturated/α-hetero) is 1. The summed E-state index contributed by atoms with van der Waals surface area (Å²) in [5.74, 6) is -1.56. The molecule has 1 aliphatic heterocycles. The molecular formula is C16H18FNO3. The van der Waals surface area contributed by atoms with E-state index in [4.69, 9.17) is 0 Å². The van der Waals surface area contributed by atoms with E-state index in [1.165, 1.54) is 13.0 Å². The van der Waals surface area contributed by atoms with Crippen LogP contribution in [0.15, 0.2) is 18.2 Å². The minimum absolute atomic E-state index is 0.0676. The van der Waals surface area contributed by atoms with E-state index in [0.717, 1.165) is 12.8 Å². The van der Waals surface area contributed by atoms with Crippen molar-refractivity contribution in [1.82, 2.24) is 0 Å². The Kier molecular flexibility index (Phi) is 3.23. The monoisotopic (exact) mass is 291 g/mol. The first-order valence-corrected chi connectivity index (χ1v) is 7.23. The highest BCUT2D eigenvalue weighted by molar-refractivity contribution is 6.00. The van der Waals surface area contributed by atoms with Crippen molar-refractivity contribution < 1.29 is 19.1 Å². The maximum absolute atomic E-state index is 13.9. The van der Waals surface area contributed by atoms with Crippen LogP contribution in [-0.4, -0.2) is 29.9 Å². The van der Waals surface area contributed by atoms with Crippen molar-refractivity contribution in [2.75, 3.05) is 18.0 Å². The van der Waals surface area contributed by atoms with Crippen molar-refractivity contribution in [2.45, 2.75) is 26.2 Å². The van der Waals surface area contributed by atoms with E-state index in [-0.39, 0.29) is 17.3 Å². The number of benzene rings is 1. The number of carbonyl (C=O) groups excluding carboxylic acids is 1. The van der Waals surface area contributed by atoms with Gasteiger partial charge in [-0.2, -0.15) is 0 Å². The summed E-state index contributed by atoms with van der Waals surface area (Å²) in [5, 5.41) is 9.60. The molecule has 4 nitrogen and oxygen atoms in total. The van der Waals surface area contributed by atoms with E-state index in [9.17, 15) is 19.1 Å². The average Bonchev–Trinajstić information content (AvgIpc) is 2.95. The Bertz CT molecular complexity index is 616. The average molecular weight is 291 g/mol. The van der Waals surface area contributed by atoms with Crippen LogP contribution in [0.4, 0.5) is 10.1 Å². The first kappa shape index (κ1) is 14.0. The highest BCUT2D eigenvalue weighted by Crippen LogP contribution is 2.50. The highest BCUT2D eigenvalue weighted by atomic mass is 19.1. The normalized spacial score (nSPS) is 27.7. The van der Waals surface area contributed by atoms with Crippen molar-refractivity contribution in [1.29, 1.82) is 0 Å². The fourth-order valence-corrected chi connectivity index (χ4v) is 3.95. The van der Waals surface area contributed by atoms with Gasteiger partial charge in [-0.1, -0.05) is 12.5 Å². The molecule has 0 amide bonds. The van der Waals surface area contributed by atoms with E-state index in [1.54, 1.807) is 12.1 Å². The number of nitrogens with zero attached hydrogens (tertiary/aromatic N) is 1. The second-order valence-electron chi connectivity index (χ2n) is 6.12. The molecule has 2 atom stereocenters. The van der Waals surface area contributed by atoms with Gasteiger partial charge in [0.05, 0.1) is 16.7 Å². The van der Waals surface area contributed by atoms with Crippen LogP contribution in [0.3, 0.4) is 0 Å². The molecule has 0 spiro atoms. The summed E-state index contributed by atoms with van der Waals surface area (Å²) in [7, 11) is 0. The smallest absolute Gasteiger partial charge is 0.311 e. The van der Waals surface area contributed by atoms with Crippen LogP contribution in [0.2, 0.25) is 0 Å². The number of aliphatic carboxylic acids is 1. The third-order valence-electron chi connectivity index (χ3n) is 4.98. The van der Waals surface area contributed by atoms with Gasteiger partial charge in [0.2, 0.25) is 0 Å². The number of carboxylic acids is 1. The first-order valence-electron chi connectivity index (χ1n) is 7.23.